The number of benzene rings is 1. The summed E-state index contributed by atoms with van der Waals surface area (Å²) in [4.78, 5) is 28.8. The summed E-state index contributed by atoms with van der Waals surface area (Å²) < 4.78 is 0. The lowest BCUT2D eigenvalue weighted by Crippen LogP contribution is -2.26. The minimum absolute atomic E-state index is 0.0610. The predicted octanol–water partition coefficient (Wildman–Crippen LogP) is 4.41. The molecule has 0 saturated heterocycles. The molecule has 27 heavy (non-hydrogen) atoms. The Bertz CT molecular complexity index is 790. The van der Waals surface area contributed by atoms with Crippen molar-refractivity contribution in [2.24, 2.45) is 5.92 Å². The predicted molar refractivity (Wildman–Crippen MR) is 109 cm³/mol. The second-order valence-corrected chi connectivity index (χ2v) is 8.15. The Morgan fingerprint density at radius 3 is 2.30 bits per heavy atom. The quantitative estimate of drug-likeness (QED) is 0.794. The highest BCUT2D eigenvalue weighted by molar-refractivity contribution is 6.05. The average Bonchev–Trinajstić information content (AvgIpc) is 2.61. The van der Waals surface area contributed by atoms with E-state index in [1.54, 1.807) is 6.07 Å². The van der Waals surface area contributed by atoms with E-state index >= 15 is 0 Å². The summed E-state index contributed by atoms with van der Waals surface area (Å²) in [5, 5.41) is 5.70. The Balaban J connectivity index is 2.03. The van der Waals surface area contributed by atoms with Crippen LogP contribution in [-0.4, -0.2) is 23.3 Å². The van der Waals surface area contributed by atoms with E-state index in [1.165, 1.54) is 17.8 Å². The first-order chi connectivity index (χ1) is 12.7. The van der Waals surface area contributed by atoms with Crippen molar-refractivity contribution in [1.29, 1.82) is 0 Å². The van der Waals surface area contributed by atoms with Crippen molar-refractivity contribution in [2.75, 3.05) is 11.9 Å². The number of nitrogens with one attached hydrogen (secondary N) is 2. The fourth-order valence-corrected chi connectivity index (χ4v) is 2.52. The van der Waals surface area contributed by atoms with Crippen LogP contribution in [0, 0.1) is 5.92 Å². The van der Waals surface area contributed by atoms with E-state index in [2.05, 4.69) is 50.2 Å². The smallest absolute Gasteiger partial charge is 0.269 e. The van der Waals surface area contributed by atoms with Gasteiger partial charge in [0.1, 0.15) is 5.69 Å². The molecule has 1 aromatic heterocycles. The highest BCUT2D eigenvalue weighted by Gasteiger charge is 2.14. The number of nitrogens with zero attached hydrogens (tertiary/aromatic N) is 1. The minimum Gasteiger partial charge on any atom is -0.351 e. The maximum atomic E-state index is 12.5. The molecule has 0 bridgehead atoms. The summed E-state index contributed by atoms with van der Waals surface area (Å²) in [5.41, 5.74) is 2.62. The van der Waals surface area contributed by atoms with Crippen molar-refractivity contribution in [1.82, 2.24) is 10.3 Å². The molecular weight excluding hydrogens is 338 g/mol. The van der Waals surface area contributed by atoms with Gasteiger partial charge >= 0.3 is 0 Å². The van der Waals surface area contributed by atoms with E-state index in [4.69, 9.17) is 0 Å². The molecule has 0 aliphatic heterocycles. The van der Waals surface area contributed by atoms with Gasteiger partial charge in [-0.15, -0.1) is 0 Å². The molecule has 2 N–H and O–H groups in total. The third-order valence-corrected chi connectivity index (χ3v) is 4.27. The zero-order chi connectivity index (χ0) is 20.0. The van der Waals surface area contributed by atoms with Gasteiger partial charge in [0.05, 0.1) is 0 Å². The van der Waals surface area contributed by atoms with Crippen molar-refractivity contribution in [2.45, 2.75) is 46.5 Å². The van der Waals surface area contributed by atoms with Crippen LogP contribution in [0.2, 0.25) is 0 Å². The molecule has 2 rings (SSSR count). The first-order valence-electron chi connectivity index (χ1n) is 9.33. The fourth-order valence-electron chi connectivity index (χ4n) is 2.52. The number of aromatic nitrogens is 1. The largest absolute Gasteiger partial charge is 0.351 e. The summed E-state index contributed by atoms with van der Waals surface area (Å²) >= 11 is 0. The van der Waals surface area contributed by atoms with Crippen LogP contribution < -0.4 is 10.6 Å². The molecule has 0 aliphatic carbocycles. The monoisotopic (exact) mass is 367 g/mol. The standard InChI is InChI=1S/C22H29N3O2/c1-15(2)10-12-24-21(27)19-14-16(11-13-23-19)20(26)25-18-8-6-17(7-9-18)22(3,4)5/h6-9,11,13-15H,10,12H2,1-5H3,(H,24,27)(H,25,26). The van der Waals surface area contributed by atoms with Gasteiger partial charge in [-0.3, -0.25) is 14.6 Å². The van der Waals surface area contributed by atoms with E-state index in [0.29, 0.717) is 23.7 Å². The molecule has 2 amide bonds. The van der Waals surface area contributed by atoms with Crippen LogP contribution in [0.5, 0.6) is 0 Å². The van der Waals surface area contributed by atoms with Gasteiger partial charge in [0, 0.05) is 24.0 Å². The lowest BCUT2D eigenvalue weighted by molar-refractivity contribution is 0.0947. The molecule has 0 saturated carbocycles. The Labute approximate surface area is 161 Å². The number of rotatable bonds is 6. The fraction of sp³-hybridized carbons (Fsp3) is 0.409. The maximum absolute atomic E-state index is 12.5. The molecule has 5 heteroatoms. The lowest BCUT2D eigenvalue weighted by Gasteiger charge is -2.19. The molecule has 144 valence electrons. The summed E-state index contributed by atoms with van der Waals surface area (Å²) in [6, 6.07) is 10.9. The molecule has 1 aromatic carbocycles. The first kappa shape index (κ1) is 20.6. The molecule has 2 aromatic rings. The third-order valence-electron chi connectivity index (χ3n) is 4.27. The van der Waals surface area contributed by atoms with Crippen LogP contribution in [0.4, 0.5) is 5.69 Å². The van der Waals surface area contributed by atoms with E-state index < -0.39 is 0 Å². The van der Waals surface area contributed by atoms with Gasteiger partial charge in [0.15, 0.2) is 0 Å². The Hall–Kier alpha value is -2.69. The van der Waals surface area contributed by atoms with Crippen LogP contribution in [0.25, 0.3) is 0 Å². The molecule has 0 radical (unpaired) electrons. The number of carbonyl (C=O) groups is 2. The molecule has 0 spiro atoms. The van der Waals surface area contributed by atoms with Gasteiger partial charge in [-0.2, -0.15) is 0 Å². The normalized spacial score (nSPS) is 11.3. The molecule has 0 aliphatic rings. The van der Waals surface area contributed by atoms with Crippen LogP contribution >= 0.6 is 0 Å². The van der Waals surface area contributed by atoms with Gasteiger partial charge in [-0.25, -0.2) is 0 Å². The van der Waals surface area contributed by atoms with Crippen LogP contribution in [0.15, 0.2) is 42.6 Å². The van der Waals surface area contributed by atoms with Gasteiger partial charge < -0.3 is 10.6 Å². The highest BCUT2D eigenvalue weighted by Crippen LogP contribution is 2.23. The summed E-state index contributed by atoms with van der Waals surface area (Å²) in [7, 11) is 0. The minimum atomic E-state index is -0.267. The average molecular weight is 367 g/mol. The molecule has 0 unspecified atom stereocenters. The molecule has 1 heterocycles. The van der Waals surface area contributed by atoms with Gasteiger partial charge in [0.25, 0.3) is 11.8 Å². The van der Waals surface area contributed by atoms with Crippen LogP contribution in [0.3, 0.4) is 0 Å². The van der Waals surface area contributed by atoms with E-state index in [-0.39, 0.29) is 22.9 Å². The SMILES string of the molecule is CC(C)CCNC(=O)c1cc(C(=O)Nc2ccc(C(C)(C)C)cc2)ccn1. The topological polar surface area (TPSA) is 71.1 Å². The van der Waals surface area contributed by atoms with Crippen LogP contribution in [0.1, 0.15) is 67.4 Å². The van der Waals surface area contributed by atoms with Crippen molar-refractivity contribution in [3.8, 4) is 0 Å². The number of amides is 2. The Kier molecular flexibility index (Phi) is 6.72. The highest BCUT2D eigenvalue weighted by atomic mass is 16.2. The summed E-state index contributed by atoms with van der Waals surface area (Å²) in [5.74, 6) is -0.0167. The van der Waals surface area contributed by atoms with Gasteiger partial charge in [-0.05, 0) is 47.6 Å². The number of carbonyl (C=O) groups excluding carboxylic acids is 2. The molecular formula is C22H29N3O2. The second-order valence-electron chi connectivity index (χ2n) is 8.15. The summed E-state index contributed by atoms with van der Waals surface area (Å²) in [6.07, 6.45) is 2.38. The number of hydrogen-bond donors (Lipinski definition) is 2. The van der Waals surface area contributed by atoms with Crippen molar-refractivity contribution < 1.29 is 9.59 Å². The zero-order valence-electron chi connectivity index (χ0n) is 16.8. The summed E-state index contributed by atoms with van der Waals surface area (Å²) in [6.45, 7) is 11.2. The van der Waals surface area contributed by atoms with E-state index in [9.17, 15) is 9.59 Å². The van der Waals surface area contributed by atoms with Crippen molar-refractivity contribution >= 4 is 17.5 Å². The number of pyridine rings is 1. The second kappa shape index (κ2) is 8.80. The lowest BCUT2D eigenvalue weighted by atomic mass is 9.87. The Morgan fingerprint density at radius 1 is 1.04 bits per heavy atom. The maximum Gasteiger partial charge on any atom is 0.269 e. The number of hydrogen-bond acceptors (Lipinski definition) is 3. The third kappa shape index (κ3) is 6.20. The van der Waals surface area contributed by atoms with E-state index in [0.717, 1.165) is 6.42 Å². The molecule has 5 nitrogen and oxygen atoms in total. The first-order valence-corrected chi connectivity index (χ1v) is 9.33. The van der Waals surface area contributed by atoms with Crippen molar-refractivity contribution in [3.63, 3.8) is 0 Å². The molecule has 0 fully saturated rings. The van der Waals surface area contributed by atoms with Gasteiger partial charge in [-0.1, -0.05) is 46.8 Å². The van der Waals surface area contributed by atoms with Crippen LogP contribution in [-0.2, 0) is 5.41 Å². The Morgan fingerprint density at radius 2 is 1.70 bits per heavy atom. The van der Waals surface area contributed by atoms with E-state index in [1.807, 2.05) is 24.3 Å². The molecule has 0 atom stereocenters. The zero-order valence-corrected chi connectivity index (χ0v) is 16.8. The van der Waals surface area contributed by atoms with Crippen molar-refractivity contribution in [3.05, 3.63) is 59.4 Å². The van der Waals surface area contributed by atoms with Gasteiger partial charge in [0.2, 0.25) is 0 Å². The number of anilines is 1.